The normalized spacial score (nSPS) is 59.8. The monoisotopic (exact) mass is 406 g/mol. The van der Waals surface area contributed by atoms with Crippen LogP contribution in [-0.4, -0.2) is 16.5 Å². The van der Waals surface area contributed by atoms with Crippen LogP contribution >= 0.6 is 15.9 Å². The van der Waals surface area contributed by atoms with Gasteiger partial charge in [-0.1, -0.05) is 61.7 Å². The van der Waals surface area contributed by atoms with Crippen LogP contribution in [0.25, 0.3) is 0 Å². The van der Waals surface area contributed by atoms with Crippen LogP contribution in [0.5, 0.6) is 0 Å². The Labute approximate surface area is 162 Å². The Morgan fingerprint density at radius 2 is 2.00 bits per heavy atom. The van der Waals surface area contributed by atoms with Gasteiger partial charge in [-0.2, -0.15) is 0 Å². The Balaban J connectivity index is 1.51. The SMILES string of the molecule is CCC1CCC2C3CCC4(C)CC(Br)C(C)C5OC54C=C3CCC12C. The molecular weight excluding hydrogens is 372 g/mol. The molecule has 4 fully saturated rings. The summed E-state index contributed by atoms with van der Waals surface area (Å²) in [5, 5.41) is 0. The molecule has 4 aliphatic carbocycles. The van der Waals surface area contributed by atoms with Gasteiger partial charge in [0.25, 0.3) is 0 Å². The number of fused-ring (bicyclic) bond motifs is 3. The molecule has 0 radical (unpaired) electrons. The van der Waals surface area contributed by atoms with E-state index in [1.165, 1.54) is 51.4 Å². The minimum Gasteiger partial charge on any atom is -0.361 e. The molecule has 5 aliphatic rings. The second-order valence-electron chi connectivity index (χ2n) is 10.6. The zero-order chi connectivity index (χ0) is 17.6. The maximum Gasteiger partial charge on any atom is 0.119 e. The van der Waals surface area contributed by atoms with Crippen molar-refractivity contribution in [2.24, 2.45) is 34.5 Å². The fourth-order valence-electron chi connectivity index (χ4n) is 7.95. The molecule has 1 nitrogen and oxygen atoms in total. The van der Waals surface area contributed by atoms with E-state index >= 15 is 0 Å². The second kappa shape index (κ2) is 5.37. The summed E-state index contributed by atoms with van der Waals surface area (Å²) < 4.78 is 6.56. The summed E-state index contributed by atoms with van der Waals surface area (Å²) in [6.07, 6.45) is 14.3. The van der Waals surface area contributed by atoms with E-state index in [-0.39, 0.29) is 5.60 Å². The summed E-state index contributed by atoms with van der Waals surface area (Å²) in [5.74, 6) is 3.40. The standard InChI is InChI=1S/C23H35BrO/c1-5-16-6-7-18-17-9-10-21(3)13-19(24)14(2)20-23(21,25-20)12-15(17)8-11-22(16,18)4/h12,14,16-20H,5-11,13H2,1-4H3. The summed E-state index contributed by atoms with van der Waals surface area (Å²) in [6.45, 7) is 9.98. The summed E-state index contributed by atoms with van der Waals surface area (Å²) in [5.41, 5.74) is 2.82. The Morgan fingerprint density at radius 1 is 1.20 bits per heavy atom. The predicted molar refractivity (Wildman–Crippen MR) is 107 cm³/mol. The Kier molecular flexibility index (Phi) is 3.72. The number of epoxide rings is 1. The first kappa shape index (κ1) is 17.3. The van der Waals surface area contributed by atoms with Gasteiger partial charge in [-0.05, 0) is 74.0 Å². The predicted octanol–water partition coefficient (Wildman–Crippen LogP) is 6.51. The first-order chi connectivity index (χ1) is 11.8. The summed E-state index contributed by atoms with van der Waals surface area (Å²) in [6, 6.07) is 0. The Bertz CT molecular complexity index is 613. The maximum atomic E-state index is 6.56. The highest BCUT2D eigenvalue weighted by Crippen LogP contribution is 2.68. The second-order valence-corrected chi connectivity index (χ2v) is 11.8. The molecule has 0 bridgehead atoms. The van der Waals surface area contributed by atoms with Crippen molar-refractivity contribution in [2.45, 2.75) is 95.6 Å². The van der Waals surface area contributed by atoms with Gasteiger partial charge in [-0.3, -0.25) is 0 Å². The molecule has 9 atom stereocenters. The molecule has 0 aromatic carbocycles. The van der Waals surface area contributed by atoms with Crippen molar-refractivity contribution in [3.05, 3.63) is 11.6 Å². The number of hydrogen-bond donors (Lipinski definition) is 0. The topological polar surface area (TPSA) is 12.5 Å². The van der Waals surface area contributed by atoms with Crippen LogP contribution in [0.3, 0.4) is 0 Å². The third-order valence-corrected chi connectivity index (χ3v) is 10.9. The molecule has 25 heavy (non-hydrogen) atoms. The zero-order valence-electron chi connectivity index (χ0n) is 16.5. The first-order valence-electron chi connectivity index (χ1n) is 10.9. The number of alkyl halides is 1. The summed E-state index contributed by atoms with van der Waals surface area (Å²) in [7, 11) is 0. The van der Waals surface area contributed by atoms with E-state index in [0.717, 1.165) is 17.8 Å². The van der Waals surface area contributed by atoms with Crippen LogP contribution in [-0.2, 0) is 4.74 Å². The number of ether oxygens (including phenoxy) is 1. The quantitative estimate of drug-likeness (QED) is 0.274. The molecule has 0 amide bonds. The number of rotatable bonds is 1. The van der Waals surface area contributed by atoms with E-state index in [9.17, 15) is 0 Å². The van der Waals surface area contributed by atoms with Crippen molar-refractivity contribution in [1.29, 1.82) is 0 Å². The molecule has 1 heterocycles. The van der Waals surface area contributed by atoms with Gasteiger partial charge in [0.2, 0.25) is 0 Å². The number of allylic oxidation sites excluding steroid dienone is 1. The first-order valence-corrected chi connectivity index (χ1v) is 11.8. The van der Waals surface area contributed by atoms with Gasteiger partial charge in [0, 0.05) is 10.2 Å². The van der Waals surface area contributed by atoms with E-state index in [4.69, 9.17) is 4.74 Å². The molecule has 0 N–H and O–H groups in total. The van der Waals surface area contributed by atoms with Crippen molar-refractivity contribution >= 4 is 15.9 Å². The largest absolute Gasteiger partial charge is 0.361 e. The van der Waals surface area contributed by atoms with Crippen LogP contribution in [0.2, 0.25) is 0 Å². The van der Waals surface area contributed by atoms with Gasteiger partial charge in [-0.25, -0.2) is 0 Å². The molecule has 0 aromatic rings. The lowest BCUT2D eigenvalue weighted by Crippen LogP contribution is -2.45. The van der Waals surface area contributed by atoms with Crippen molar-refractivity contribution in [2.75, 3.05) is 0 Å². The summed E-state index contributed by atoms with van der Waals surface area (Å²) in [4.78, 5) is 0.623. The minimum absolute atomic E-state index is 0.0806. The third-order valence-electron chi connectivity index (χ3n) is 9.74. The van der Waals surface area contributed by atoms with Gasteiger partial charge in [0.05, 0.1) is 6.10 Å². The highest BCUT2D eigenvalue weighted by molar-refractivity contribution is 9.09. The van der Waals surface area contributed by atoms with Crippen LogP contribution in [0.4, 0.5) is 0 Å². The zero-order valence-corrected chi connectivity index (χ0v) is 18.1. The summed E-state index contributed by atoms with van der Waals surface area (Å²) >= 11 is 3.99. The fourth-order valence-corrected chi connectivity index (χ4v) is 8.94. The van der Waals surface area contributed by atoms with E-state index in [0.29, 0.717) is 27.7 Å². The smallest absolute Gasteiger partial charge is 0.119 e. The van der Waals surface area contributed by atoms with Gasteiger partial charge >= 0.3 is 0 Å². The molecule has 9 unspecified atom stereocenters. The number of hydrogen-bond acceptors (Lipinski definition) is 1. The van der Waals surface area contributed by atoms with Crippen molar-refractivity contribution in [3.8, 4) is 0 Å². The fraction of sp³-hybridized carbons (Fsp3) is 0.913. The lowest BCUT2D eigenvalue weighted by atomic mass is 9.58. The van der Waals surface area contributed by atoms with Crippen molar-refractivity contribution < 1.29 is 4.74 Å². The average Bonchev–Trinajstić information content (AvgIpc) is 3.24. The molecule has 140 valence electrons. The van der Waals surface area contributed by atoms with Gasteiger partial charge in [0.15, 0.2) is 0 Å². The molecule has 2 heteroatoms. The average molecular weight is 407 g/mol. The minimum atomic E-state index is 0.0806. The molecule has 3 saturated carbocycles. The Morgan fingerprint density at radius 3 is 2.76 bits per heavy atom. The lowest BCUT2D eigenvalue weighted by Gasteiger charge is -2.46. The van der Waals surface area contributed by atoms with E-state index in [2.05, 4.69) is 49.7 Å². The molecule has 1 aliphatic heterocycles. The van der Waals surface area contributed by atoms with E-state index in [1.54, 1.807) is 5.57 Å². The highest BCUT2D eigenvalue weighted by Gasteiger charge is 2.71. The molecule has 1 saturated heterocycles. The van der Waals surface area contributed by atoms with Gasteiger partial charge in [-0.15, -0.1) is 0 Å². The highest BCUT2D eigenvalue weighted by atomic mass is 79.9. The van der Waals surface area contributed by atoms with Gasteiger partial charge in [0.1, 0.15) is 5.60 Å². The van der Waals surface area contributed by atoms with Gasteiger partial charge < -0.3 is 4.74 Å². The lowest BCUT2D eigenvalue weighted by molar-refractivity contribution is 0.0688. The van der Waals surface area contributed by atoms with E-state index in [1.807, 2.05) is 0 Å². The van der Waals surface area contributed by atoms with Crippen LogP contribution in [0.1, 0.15) is 79.1 Å². The number of halogens is 1. The third kappa shape index (κ3) is 2.10. The van der Waals surface area contributed by atoms with Crippen LogP contribution < -0.4 is 0 Å². The van der Waals surface area contributed by atoms with Crippen LogP contribution in [0, 0.1) is 34.5 Å². The molecule has 0 aromatic heterocycles. The molecular formula is C23H35BrO. The molecule has 1 spiro atoms. The van der Waals surface area contributed by atoms with Crippen molar-refractivity contribution in [1.82, 2.24) is 0 Å². The van der Waals surface area contributed by atoms with Crippen molar-refractivity contribution in [3.63, 3.8) is 0 Å². The van der Waals surface area contributed by atoms with Crippen LogP contribution in [0.15, 0.2) is 11.6 Å². The maximum absolute atomic E-state index is 6.56. The molecule has 5 rings (SSSR count). The Hall–Kier alpha value is 0.180. The van der Waals surface area contributed by atoms with E-state index < -0.39 is 0 Å².